The van der Waals surface area contributed by atoms with Gasteiger partial charge in [0.25, 0.3) is 0 Å². The van der Waals surface area contributed by atoms with E-state index in [1.807, 2.05) is 0 Å². The molecule has 20 heavy (non-hydrogen) atoms. The maximum absolute atomic E-state index is 6.30. The Morgan fingerprint density at radius 1 is 1.10 bits per heavy atom. The van der Waals surface area contributed by atoms with Gasteiger partial charge in [-0.15, -0.1) is 6.58 Å². The van der Waals surface area contributed by atoms with Gasteiger partial charge in [0.05, 0.1) is 13.2 Å². The molecule has 0 bridgehead atoms. The Bertz CT molecular complexity index is 301. The molecular weight excluding hydrogens is 264 g/mol. The summed E-state index contributed by atoms with van der Waals surface area (Å²) in [5.74, 6) is 0.885. The van der Waals surface area contributed by atoms with Gasteiger partial charge < -0.3 is 9.16 Å². The first-order chi connectivity index (χ1) is 9.10. The van der Waals surface area contributed by atoms with Crippen LogP contribution in [-0.2, 0) is 9.16 Å². The van der Waals surface area contributed by atoms with Gasteiger partial charge in [-0.05, 0) is 24.1 Å². The van der Waals surface area contributed by atoms with E-state index in [1.54, 1.807) is 6.08 Å². The minimum atomic E-state index is -1.68. The smallest absolute Gasteiger partial charge is 0.192 e. The summed E-state index contributed by atoms with van der Waals surface area (Å²) >= 11 is 0. The number of rotatable bonds is 9. The summed E-state index contributed by atoms with van der Waals surface area (Å²) in [6.45, 7) is 21.5. The van der Waals surface area contributed by atoms with Crippen molar-refractivity contribution >= 4 is 8.32 Å². The van der Waals surface area contributed by atoms with Crippen molar-refractivity contribution < 1.29 is 9.16 Å². The van der Waals surface area contributed by atoms with E-state index in [9.17, 15) is 0 Å². The maximum atomic E-state index is 6.30. The highest BCUT2D eigenvalue weighted by molar-refractivity contribution is 6.74. The van der Waals surface area contributed by atoms with Crippen LogP contribution < -0.4 is 0 Å². The van der Waals surface area contributed by atoms with Gasteiger partial charge in [-0.3, -0.25) is 0 Å². The molecule has 0 amide bonds. The van der Waals surface area contributed by atoms with Gasteiger partial charge in [0.2, 0.25) is 0 Å². The zero-order chi connectivity index (χ0) is 15.8. The molecule has 3 heteroatoms. The summed E-state index contributed by atoms with van der Waals surface area (Å²) in [5, 5.41) is 0.251. The second-order valence-electron chi connectivity index (χ2n) is 7.29. The predicted molar refractivity (Wildman–Crippen MR) is 91.6 cm³/mol. The molecule has 2 nitrogen and oxygen atoms in total. The fraction of sp³-hybridized carbons (Fsp3) is 0.765. The maximum Gasteiger partial charge on any atom is 0.192 e. The number of hydrogen-bond donors (Lipinski definition) is 0. The van der Waals surface area contributed by atoms with Crippen LogP contribution in [0.2, 0.25) is 18.1 Å². The first kappa shape index (κ1) is 19.6. The molecule has 0 saturated heterocycles. The third-order valence-corrected chi connectivity index (χ3v) is 8.30. The highest BCUT2D eigenvalue weighted by atomic mass is 28.4. The van der Waals surface area contributed by atoms with Crippen LogP contribution in [0.1, 0.15) is 34.6 Å². The zero-order valence-electron chi connectivity index (χ0n) is 14.5. The highest BCUT2D eigenvalue weighted by Crippen LogP contribution is 2.36. The predicted octanol–water partition coefficient (Wildman–Crippen LogP) is 5.04. The van der Waals surface area contributed by atoms with Crippen molar-refractivity contribution in [3.63, 3.8) is 0 Å². The lowest BCUT2D eigenvalue weighted by atomic mass is 10.1. The van der Waals surface area contributed by atoms with E-state index >= 15 is 0 Å². The second kappa shape index (κ2) is 8.80. The standard InChI is InChI=1S/C17H34O2Si/c1-9-12-18-13-16(11-10-15(2)3)14-19-20(7,8)17(4,5)6/h9-11,15-16H,1,12-14H2,2-8H3/b11-10+. The van der Waals surface area contributed by atoms with Crippen molar-refractivity contribution in [3.05, 3.63) is 24.8 Å². The van der Waals surface area contributed by atoms with Crippen molar-refractivity contribution in [1.82, 2.24) is 0 Å². The molecule has 0 saturated carbocycles. The lowest BCUT2D eigenvalue weighted by molar-refractivity contribution is 0.111. The number of ether oxygens (including phenoxy) is 1. The molecule has 0 aliphatic carbocycles. The average molecular weight is 299 g/mol. The topological polar surface area (TPSA) is 18.5 Å². The van der Waals surface area contributed by atoms with Gasteiger partial charge in [0, 0.05) is 12.5 Å². The van der Waals surface area contributed by atoms with Crippen molar-refractivity contribution in [2.45, 2.75) is 52.8 Å². The van der Waals surface area contributed by atoms with E-state index in [0.29, 0.717) is 25.0 Å². The second-order valence-corrected chi connectivity index (χ2v) is 12.1. The molecule has 0 aliphatic heterocycles. The summed E-state index contributed by atoms with van der Waals surface area (Å²) in [5.41, 5.74) is 0. The molecule has 0 spiro atoms. The molecule has 0 N–H and O–H groups in total. The minimum Gasteiger partial charge on any atom is -0.416 e. The number of allylic oxidation sites excluding steroid dienone is 1. The molecule has 0 aliphatic rings. The zero-order valence-corrected chi connectivity index (χ0v) is 15.5. The molecular formula is C17H34O2Si. The molecule has 1 atom stereocenters. The molecule has 1 unspecified atom stereocenters. The van der Waals surface area contributed by atoms with Crippen molar-refractivity contribution in [2.75, 3.05) is 19.8 Å². The Kier molecular flexibility index (Phi) is 8.64. The summed E-state index contributed by atoms with van der Waals surface area (Å²) in [4.78, 5) is 0. The van der Waals surface area contributed by atoms with Crippen LogP contribution in [0.3, 0.4) is 0 Å². The molecule has 118 valence electrons. The van der Waals surface area contributed by atoms with E-state index in [-0.39, 0.29) is 5.04 Å². The molecule has 0 aromatic heterocycles. The third kappa shape index (κ3) is 8.03. The lowest BCUT2D eigenvalue weighted by Gasteiger charge is -2.37. The Morgan fingerprint density at radius 3 is 2.15 bits per heavy atom. The molecule has 0 radical (unpaired) electrons. The van der Waals surface area contributed by atoms with Crippen molar-refractivity contribution in [2.24, 2.45) is 11.8 Å². The van der Waals surface area contributed by atoms with E-state index < -0.39 is 8.32 Å². The Balaban J connectivity index is 4.52. The Morgan fingerprint density at radius 2 is 1.70 bits per heavy atom. The summed E-state index contributed by atoms with van der Waals surface area (Å²) in [6.07, 6.45) is 6.26. The Labute approximate surface area is 127 Å². The summed E-state index contributed by atoms with van der Waals surface area (Å²) in [6, 6.07) is 0. The van der Waals surface area contributed by atoms with Crippen LogP contribution in [0.25, 0.3) is 0 Å². The van der Waals surface area contributed by atoms with Crippen LogP contribution in [0.15, 0.2) is 24.8 Å². The SMILES string of the molecule is C=CCOCC(/C=C/C(C)C)CO[Si](C)(C)C(C)(C)C. The number of hydrogen-bond acceptors (Lipinski definition) is 2. The molecule has 0 fully saturated rings. The van der Waals surface area contributed by atoms with Crippen molar-refractivity contribution in [1.29, 1.82) is 0 Å². The van der Waals surface area contributed by atoms with Gasteiger partial charge in [-0.2, -0.15) is 0 Å². The molecule has 0 aromatic rings. The van der Waals surface area contributed by atoms with E-state index in [4.69, 9.17) is 9.16 Å². The minimum absolute atomic E-state index is 0.251. The molecule has 0 rings (SSSR count). The first-order valence-corrected chi connectivity index (χ1v) is 10.5. The van der Waals surface area contributed by atoms with Gasteiger partial charge >= 0.3 is 0 Å². The normalized spacial score (nSPS) is 15.0. The summed E-state index contributed by atoms with van der Waals surface area (Å²) < 4.78 is 11.9. The van der Waals surface area contributed by atoms with Crippen LogP contribution in [-0.4, -0.2) is 28.1 Å². The fourth-order valence-electron chi connectivity index (χ4n) is 1.37. The third-order valence-electron chi connectivity index (χ3n) is 3.80. The van der Waals surface area contributed by atoms with Crippen LogP contribution in [0.4, 0.5) is 0 Å². The van der Waals surface area contributed by atoms with E-state index in [0.717, 1.165) is 6.61 Å². The van der Waals surface area contributed by atoms with Gasteiger partial charge in [-0.1, -0.05) is 52.8 Å². The fourth-order valence-corrected chi connectivity index (χ4v) is 2.44. The van der Waals surface area contributed by atoms with Crippen molar-refractivity contribution in [3.8, 4) is 0 Å². The van der Waals surface area contributed by atoms with E-state index in [1.165, 1.54) is 0 Å². The van der Waals surface area contributed by atoms with E-state index in [2.05, 4.69) is 66.4 Å². The van der Waals surface area contributed by atoms with Gasteiger partial charge in [0.1, 0.15) is 0 Å². The molecule has 0 aromatic carbocycles. The first-order valence-electron chi connectivity index (χ1n) is 7.61. The quantitative estimate of drug-likeness (QED) is 0.337. The van der Waals surface area contributed by atoms with Crippen LogP contribution >= 0.6 is 0 Å². The summed E-state index contributed by atoms with van der Waals surface area (Å²) in [7, 11) is -1.68. The van der Waals surface area contributed by atoms with Gasteiger partial charge in [-0.25, -0.2) is 0 Å². The molecule has 0 heterocycles. The largest absolute Gasteiger partial charge is 0.416 e. The van der Waals surface area contributed by atoms with Crippen LogP contribution in [0, 0.1) is 11.8 Å². The average Bonchev–Trinajstić information content (AvgIpc) is 2.30. The monoisotopic (exact) mass is 298 g/mol. The highest BCUT2D eigenvalue weighted by Gasteiger charge is 2.37. The van der Waals surface area contributed by atoms with Gasteiger partial charge in [0.15, 0.2) is 8.32 Å². The Hall–Kier alpha value is -0.383. The lowest BCUT2D eigenvalue weighted by Crippen LogP contribution is -2.42. The van der Waals surface area contributed by atoms with Crippen LogP contribution in [0.5, 0.6) is 0 Å².